The second kappa shape index (κ2) is 6.70. The quantitative estimate of drug-likeness (QED) is 0.454. The van der Waals surface area contributed by atoms with Gasteiger partial charge < -0.3 is 19.7 Å². The minimum absolute atomic E-state index is 0.0102. The van der Waals surface area contributed by atoms with Crippen LogP contribution in [0, 0.1) is 23.2 Å². The fraction of sp³-hybridized carbons (Fsp3) is 0.955. The Morgan fingerprint density at radius 3 is 2.85 bits per heavy atom. The molecule has 152 valence electrons. The van der Waals surface area contributed by atoms with Gasteiger partial charge in [0, 0.05) is 31.0 Å². The number of piperidine rings is 1. The van der Waals surface area contributed by atoms with Crippen molar-refractivity contribution in [3.63, 3.8) is 0 Å². The van der Waals surface area contributed by atoms with Crippen LogP contribution >= 0.6 is 0 Å². The van der Waals surface area contributed by atoms with Gasteiger partial charge in [0.25, 0.3) is 0 Å². The maximum absolute atomic E-state index is 12.7. The number of carbonyl (C=O) groups excluding carboxylic acids is 1. The summed E-state index contributed by atoms with van der Waals surface area (Å²) >= 11 is 0. The molecule has 0 aromatic heterocycles. The third kappa shape index (κ3) is 2.79. The van der Waals surface area contributed by atoms with Crippen molar-refractivity contribution >= 4 is 5.97 Å². The summed E-state index contributed by atoms with van der Waals surface area (Å²) in [7, 11) is 0. The zero-order chi connectivity index (χ0) is 18.6. The number of carbonyl (C=O) groups is 1. The van der Waals surface area contributed by atoms with Gasteiger partial charge in [-0.05, 0) is 51.1 Å². The van der Waals surface area contributed by atoms with E-state index in [1.807, 2.05) is 0 Å². The van der Waals surface area contributed by atoms with Crippen LogP contribution < -0.4 is 5.32 Å². The van der Waals surface area contributed by atoms with Crippen LogP contribution in [0.15, 0.2) is 0 Å². The highest BCUT2D eigenvalue weighted by atomic mass is 16.6. The van der Waals surface area contributed by atoms with Gasteiger partial charge in [0.1, 0.15) is 11.7 Å². The first-order chi connectivity index (χ1) is 13.1. The molecule has 2 aliphatic carbocycles. The zero-order valence-corrected chi connectivity index (χ0v) is 17.0. The van der Waals surface area contributed by atoms with Crippen molar-refractivity contribution in [2.45, 2.75) is 76.6 Å². The monoisotopic (exact) mass is 376 g/mol. The molecule has 5 heteroatoms. The average molecular weight is 377 g/mol. The summed E-state index contributed by atoms with van der Waals surface area (Å²) in [6.07, 6.45) is 9.09. The summed E-state index contributed by atoms with van der Waals surface area (Å²) < 4.78 is 12.4. The average Bonchev–Trinajstić information content (AvgIpc) is 3.34. The summed E-state index contributed by atoms with van der Waals surface area (Å²) in [6, 6.07) is 0. The van der Waals surface area contributed by atoms with Gasteiger partial charge in [-0.25, -0.2) is 0 Å². The molecule has 0 amide bonds. The van der Waals surface area contributed by atoms with Crippen molar-refractivity contribution < 1.29 is 14.3 Å². The first kappa shape index (κ1) is 18.4. The Hall–Kier alpha value is -0.650. The minimum Gasteiger partial charge on any atom is -0.462 e. The van der Waals surface area contributed by atoms with E-state index in [1.165, 1.54) is 51.6 Å². The Balaban J connectivity index is 1.21. The molecule has 1 N–H and O–H groups in total. The lowest BCUT2D eigenvalue weighted by atomic mass is 9.53. The predicted molar refractivity (Wildman–Crippen MR) is 103 cm³/mol. The van der Waals surface area contributed by atoms with Crippen molar-refractivity contribution in [1.29, 1.82) is 0 Å². The molecule has 5 rings (SSSR count). The second-order valence-electron chi connectivity index (χ2n) is 10.2. The number of likely N-dealkylation sites (tertiary alicyclic amines) is 1. The first-order valence-corrected chi connectivity index (χ1v) is 11.4. The number of hydrogen-bond acceptors (Lipinski definition) is 5. The largest absolute Gasteiger partial charge is 0.462 e. The molecule has 3 aliphatic heterocycles. The number of nitrogens with zero attached hydrogens (tertiary/aromatic N) is 1. The summed E-state index contributed by atoms with van der Waals surface area (Å²) in [6.45, 7) is 10.0. The van der Waals surface area contributed by atoms with Crippen LogP contribution in [0.4, 0.5) is 0 Å². The van der Waals surface area contributed by atoms with Crippen molar-refractivity contribution in [2.75, 3.05) is 32.7 Å². The van der Waals surface area contributed by atoms with E-state index >= 15 is 0 Å². The molecule has 0 bridgehead atoms. The summed E-state index contributed by atoms with van der Waals surface area (Å²) in [4.78, 5) is 15.2. The van der Waals surface area contributed by atoms with Gasteiger partial charge in [-0.15, -0.1) is 0 Å². The molecular weight excluding hydrogens is 340 g/mol. The molecule has 0 aromatic rings. The van der Waals surface area contributed by atoms with Gasteiger partial charge in [0.2, 0.25) is 0 Å². The number of ether oxygens (including phenoxy) is 2. The number of rotatable bonds is 5. The van der Waals surface area contributed by atoms with Crippen molar-refractivity contribution in [2.24, 2.45) is 23.2 Å². The number of fused-ring (bicyclic) bond motifs is 2. The Morgan fingerprint density at radius 2 is 2.04 bits per heavy atom. The van der Waals surface area contributed by atoms with Gasteiger partial charge in [-0.3, -0.25) is 4.79 Å². The molecule has 3 saturated heterocycles. The van der Waals surface area contributed by atoms with Crippen LogP contribution in [0.5, 0.6) is 0 Å². The van der Waals surface area contributed by atoms with Crippen molar-refractivity contribution in [3.8, 4) is 0 Å². The Bertz CT molecular complexity index is 592. The number of esters is 1. The topological polar surface area (TPSA) is 54.1 Å². The lowest BCUT2D eigenvalue weighted by Gasteiger charge is -2.48. The van der Waals surface area contributed by atoms with Crippen LogP contribution in [0.1, 0.15) is 58.8 Å². The Morgan fingerprint density at radius 1 is 1.22 bits per heavy atom. The van der Waals surface area contributed by atoms with Gasteiger partial charge >= 0.3 is 5.97 Å². The van der Waals surface area contributed by atoms with E-state index in [-0.39, 0.29) is 41.0 Å². The molecule has 5 fully saturated rings. The molecule has 0 aromatic carbocycles. The predicted octanol–water partition coefficient (Wildman–Crippen LogP) is 2.59. The van der Waals surface area contributed by atoms with Crippen LogP contribution in [0.2, 0.25) is 0 Å². The second-order valence-corrected chi connectivity index (χ2v) is 10.2. The van der Waals surface area contributed by atoms with Gasteiger partial charge in [0.15, 0.2) is 0 Å². The highest BCUT2D eigenvalue weighted by Gasteiger charge is 2.78. The summed E-state index contributed by atoms with van der Waals surface area (Å²) in [5.74, 6) is 0.842. The fourth-order valence-corrected chi connectivity index (χ4v) is 7.14. The third-order valence-corrected chi connectivity index (χ3v) is 8.61. The molecule has 0 unspecified atom stereocenters. The van der Waals surface area contributed by atoms with Gasteiger partial charge in [-0.1, -0.05) is 26.7 Å². The SMILES string of the molecule is C[C@H]1CCC[C@]2(C)C[C@H]3OC(=O)[C@@H](CNCCN4CCCCC4)[C@H]3[C@@H]3O[C@@]132. The molecule has 2 saturated carbocycles. The molecule has 3 heterocycles. The van der Waals surface area contributed by atoms with Gasteiger partial charge in [0.05, 0.1) is 12.0 Å². The standard InChI is InChI=1S/C22H36N2O3/c1-15-7-6-8-21(2)13-17-18(19-22(15,21)27-19)16(20(25)26-17)14-23-9-12-24-10-4-3-5-11-24/h15-19,23H,3-14H2,1-2H3/t15-,16-,17+,18+,19-,21+,22-/m0/s1. The van der Waals surface area contributed by atoms with Crippen LogP contribution in [0.3, 0.4) is 0 Å². The lowest BCUT2D eigenvalue weighted by molar-refractivity contribution is -0.146. The molecule has 1 spiro atoms. The highest BCUT2D eigenvalue weighted by molar-refractivity contribution is 5.76. The lowest BCUT2D eigenvalue weighted by Crippen LogP contribution is -2.54. The molecular formula is C22H36N2O3. The third-order valence-electron chi connectivity index (χ3n) is 8.61. The van der Waals surface area contributed by atoms with E-state index in [0.717, 1.165) is 26.1 Å². The molecule has 0 radical (unpaired) electrons. The maximum Gasteiger partial charge on any atom is 0.311 e. The number of nitrogens with one attached hydrogen (secondary N) is 1. The zero-order valence-electron chi connectivity index (χ0n) is 17.0. The van der Waals surface area contributed by atoms with E-state index in [9.17, 15) is 4.79 Å². The Kier molecular flexibility index (Phi) is 4.56. The van der Waals surface area contributed by atoms with Crippen LogP contribution in [-0.2, 0) is 14.3 Å². The minimum atomic E-state index is -0.0283. The molecule has 27 heavy (non-hydrogen) atoms. The van der Waals surface area contributed by atoms with E-state index in [2.05, 4.69) is 24.1 Å². The van der Waals surface area contributed by atoms with Crippen LogP contribution in [0.25, 0.3) is 0 Å². The summed E-state index contributed by atoms with van der Waals surface area (Å²) in [5, 5.41) is 3.57. The highest BCUT2D eigenvalue weighted by Crippen LogP contribution is 2.70. The maximum atomic E-state index is 12.7. The van der Waals surface area contributed by atoms with E-state index in [0.29, 0.717) is 5.92 Å². The van der Waals surface area contributed by atoms with E-state index in [1.54, 1.807) is 0 Å². The molecule has 7 atom stereocenters. The first-order valence-electron chi connectivity index (χ1n) is 11.4. The number of hydrogen-bond donors (Lipinski definition) is 1. The normalized spacial score (nSPS) is 49.1. The van der Waals surface area contributed by atoms with Gasteiger partial charge in [-0.2, -0.15) is 0 Å². The van der Waals surface area contributed by atoms with Crippen molar-refractivity contribution in [3.05, 3.63) is 0 Å². The van der Waals surface area contributed by atoms with E-state index in [4.69, 9.17) is 9.47 Å². The van der Waals surface area contributed by atoms with Crippen molar-refractivity contribution in [1.82, 2.24) is 10.2 Å². The molecule has 5 aliphatic rings. The fourth-order valence-electron chi connectivity index (χ4n) is 7.14. The number of epoxide rings is 1. The molecule has 5 nitrogen and oxygen atoms in total. The smallest absolute Gasteiger partial charge is 0.311 e. The van der Waals surface area contributed by atoms with Crippen LogP contribution in [-0.4, -0.2) is 61.4 Å². The Labute approximate surface area is 163 Å². The summed E-state index contributed by atoms with van der Waals surface area (Å²) in [5.41, 5.74) is 0.208. The van der Waals surface area contributed by atoms with E-state index < -0.39 is 0 Å².